The van der Waals surface area contributed by atoms with Crippen LogP contribution in [0.3, 0.4) is 0 Å². The second kappa shape index (κ2) is 8.15. The van der Waals surface area contributed by atoms with Gasteiger partial charge in [0.2, 0.25) is 12.3 Å². The smallest absolute Gasteiger partial charge is 0.219 e. The first-order valence-corrected chi connectivity index (χ1v) is 6.69. The molecule has 1 atom stereocenters. The first-order valence-electron chi connectivity index (χ1n) is 6.69. The van der Waals surface area contributed by atoms with Crippen molar-refractivity contribution < 1.29 is 14.3 Å². The molecule has 1 aliphatic rings. The average molecular weight is 272 g/mol. The Bertz CT molecular complexity index is 287. The van der Waals surface area contributed by atoms with Crippen molar-refractivity contribution in [3.8, 4) is 0 Å². The summed E-state index contributed by atoms with van der Waals surface area (Å²) in [5, 5.41) is 0. The van der Waals surface area contributed by atoms with Gasteiger partial charge in [0.15, 0.2) is 0 Å². The number of likely N-dealkylation sites (N-methyl/N-ethyl adjacent to an activating group) is 1. The van der Waals surface area contributed by atoms with Crippen molar-refractivity contribution in [3.63, 3.8) is 0 Å². The van der Waals surface area contributed by atoms with Crippen LogP contribution in [0.1, 0.15) is 40.5 Å². The summed E-state index contributed by atoms with van der Waals surface area (Å²) >= 11 is 0. The van der Waals surface area contributed by atoms with Crippen LogP contribution in [0.5, 0.6) is 0 Å². The molecular weight excluding hydrogens is 244 g/mol. The van der Waals surface area contributed by atoms with Gasteiger partial charge in [-0.3, -0.25) is 9.59 Å². The average Bonchev–Trinajstić information content (AvgIpc) is 2.76. The third kappa shape index (κ3) is 7.82. The number of carbonyl (C=O) groups excluding carboxylic acids is 2. The zero-order chi connectivity index (χ0) is 15.1. The van der Waals surface area contributed by atoms with E-state index in [9.17, 15) is 9.59 Å². The molecule has 0 N–H and O–H groups in total. The van der Waals surface area contributed by atoms with Crippen LogP contribution in [0.25, 0.3) is 0 Å². The topological polar surface area (TPSA) is 49.9 Å². The van der Waals surface area contributed by atoms with Gasteiger partial charge in [0, 0.05) is 40.2 Å². The number of carbonyl (C=O) groups is 2. The molecule has 0 aliphatic carbocycles. The molecule has 0 saturated carbocycles. The monoisotopic (exact) mass is 272 g/mol. The molecule has 19 heavy (non-hydrogen) atoms. The molecule has 0 unspecified atom stereocenters. The molecule has 1 fully saturated rings. The largest absolute Gasteiger partial charge is 0.379 e. The van der Waals surface area contributed by atoms with Crippen LogP contribution in [0.4, 0.5) is 0 Å². The van der Waals surface area contributed by atoms with Crippen molar-refractivity contribution in [2.75, 3.05) is 27.2 Å². The van der Waals surface area contributed by atoms with Gasteiger partial charge in [-0.1, -0.05) is 0 Å². The quantitative estimate of drug-likeness (QED) is 0.732. The third-order valence-corrected chi connectivity index (χ3v) is 3.19. The molecule has 2 amide bonds. The van der Waals surface area contributed by atoms with E-state index in [1.165, 1.54) is 0 Å². The Morgan fingerprint density at radius 2 is 2.00 bits per heavy atom. The van der Waals surface area contributed by atoms with Crippen molar-refractivity contribution in [3.05, 3.63) is 0 Å². The van der Waals surface area contributed by atoms with Gasteiger partial charge < -0.3 is 14.5 Å². The molecular formula is C14H28N2O3. The minimum absolute atomic E-state index is 0.0417. The highest BCUT2D eigenvalue weighted by Gasteiger charge is 2.24. The number of ether oxygens (including phenoxy) is 1. The van der Waals surface area contributed by atoms with Crippen molar-refractivity contribution in [1.82, 2.24) is 9.80 Å². The van der Waals surface area contributed by atoms with Gasteiger partial charge in [0.25, 0.3) is 0 Å². The van der Waals surface area contributed by atoms with E-state index >= 15 is 0 Å². The van der Waals surface area contributed by atoms with Crippen LogP contribution in [0, 0.1) is 0 Å². The summed E-state index contributed by atoms with van der Waals surface area (Å²) in [6.45, 7) is 9.10. The van der Waals surface area contributed by atoms with E-state index in [0.29, 0.717) is 6.54 Å². The molecule has 0 radical (unpaired) electrons. The number of amides is 2. The lowest BCUT2D eigenvalue weighted by atomic mass is 10.2. The lowest BCUT2D eigenvalue weighted by molar-refractivity contribution is -0.129. The van der Waals surface area contributed by atoms with Crippen LogP contribution < -0.4 is 0 Å². The second-order valence-electron chi connectivity index (χ2n) is 5.86. The minimum Gasteiger partial charge on any atom is -0.379 e. The van der Waals surface area contributed by atoms with Gasteiger partial charge in [-0.25, -0.2) is 0 Å². The Hall–Kier alpha value is -1.10. The van der Waals surface area contributed by atoms with Crippen LogP contribution in [-0.4, -0.2) is 61.0 Å². The lowest BCUT2D eigenvalue weighted by Gasteiger charge is -2.25. The molecule has 5 nitrogen and oxygen atoms in total. The Balaban J connectivity index is 0.000000459. The van der Waals surface area contributed by atoms with E-state index in [-0.39, 0.29) is 17.6 Å². The molecule has 112 valence electrons. The van der Waals surface area contributed by atoms with E-state index in [2.05, 4.69) is 0 Å². The van der Waals surface area contributed by atoms with Crippen LogP contribution in [-0.2, 0) is 14.3 Å². The molecule has 1 rings (SSSR count). The summed E-state index contributed by atoms with van der Waals surface area (Å²) in [7, 11) is 3.48. The minimum atomic E-state index is 0.0417. The predicted octanol–water partition coefficient (Wildman–Crippen LogP) is 1.52. The molecule has 0 bridgehead atoms. The molecule has 1 saturated heterocycles. The Kier molecular flexibility index (Phi) is 7.68. The summed E-state index contributed by atoms with van der Waals surface area (Å²) in [5.74, 6) is 0.0535. The summed E-state index contributed by atoms with van der Waals surface area (Å²) < 4.78 is 4.94. The summed E-state index contributed by atoms with van der Waals surface area (Å²) in [6, 6.07) is 0.228. The fourth-order valence-corrected chi connectivity index (χ4v) is 1.64. The van der Waals surface area contributed by atoms with Gasteiger partial charge in [-0.05, 0) is 33.6 Å². The van der Waals surface area contributed by atoms with Crippen LogP contribution >= 0.6 is 0 Å². The lowest BCUT2D eigenvalue weighted by Crippen LogP contribution is -2.39. The third-order valence-electron chi connectivity index (χ3n) is 3.19. The van der Waals surface area contributed by atoms with E-state index in [4.69, 9.17) is 4.74 Å². The first-order chi connectivity index (χ1) is 8.71. The van der Waals surface area contributed by atoms with Crippen molar-refractivity contribution >= 4 is 12.3 Å². The highest BCUT2D eigenvalue weighted by molar-refractivity contribution is 5.72. The summed E-state index contributed by atoms with van der Waals surface area (Å²) in [4.78, 5) is 25.0. The molecule has 0 aromatic heterocycles. The molecule has 0 aromatic rings. The highest BCUT2D eigenvalue weighted by atomic mass is 16.5. The van der Waals surface area contributed by atoms with Gasteiger partial charge in [0.05, 0.1) is 5.60 Å². The van der Waals surface area contributed by atoms with Crippen molar-refractivity contribution in [2.45, 2.75) is 52.2 Å². The summed E-state index contributed by atoms with van der Waals surface area (Å²) in [6.07, 6.45) is 2.94. The Morgan fingerprint density at radius 3 is 2.37 bits per heavy atom. The first kappa shape index (κ1) is 17.9. The molecule has 1 aliphatic heterocycles. The maximum Gasteiger partial charge on any atom is 0.219 e. The Morgan fingerprint density at radius 1 is 1.47 bits per heavy atom. The number of likely N-dealkylation sites (tertiary alicyclic amines) is 1. The second-order valence-corrected chi connectivity index (χ2v) is 5.86. The molecule has 0 aromatic carbocycles. The number of methoxy groups -OCH3 is 1. The van der Waals surface area contributed by atoms with E-state index in [1.54, 1.807) is 30.9 Å². The van der Waals surface area contributed by atoms with E-state index < -0.39 is 0 Å². The predicted molar refractivity (Wildman–Crippen MR) is 75.9 cm³/mol. The maximum absolute atomic E-state index is 10.9. The molecule has 0 spiro atoms. The van der Waals surface area contributed by atoms with Crippen LogP contribution in [0.15, 0.2) is 0 Å². The zero-order valence-electron chi connectivity index (χ0n) is 13.1. The van der Waals surface area contributed by atoms with Crippen molar-refractivity contribution in [1.29, 1.82) is 0 Å². The summed E-state index contributed by atoms with van der Waals surface area (Å²) in [5.41, 5.74) is 0.0417. The number of hydrogen-bond donors (Lipinski definition) is 0. The Labute approximate surface area is 116 Å². The normalized spacial score (nSPS) is 18.6. The number of hydrogen-bond acceptors (Lipinski definition) is 3. The molecule has 1 heterocycles. The number of rotatable bonds is 3. The zero-order valence-corrected chi connectivity index (χ0v) is 13.1. The van der Waals surface area contributed by atoms with E-state index in [0.717, 1.165) is 25.8 Å². The van der Waals surface area contributed by atoms with Gasteiger partial charge in [-0.15, -0.1) is 0 Å². The van der Waals surface area contributed by atoms with Gasteiger partial charge in [-0.2, -0.15) is 0 Å². The fourth-order valence-electron chi connectivity index (χ4n) is 1.64. The van der Waals surface area contributed by atoms with Crippen molar-refractivity contribution in [2.24, 2.45) is 0 Å². The van der Waals surface area contributed by atoms with Gasteiger partial charge >= 0.3 is 0 Å². The van der Waals surface area contributed by atoms with Crippen LogP contribution in [0.2, 0.25) is 0 Å². The molecule has 5 heteroatoms. The highest BCUT2D eigenvalue weighted by Crippen LogP contribution is 2.15. The van der Waals surface area contributed by atoms with Gasteiger partial charge in [0.1, 0.15) is 0 Å². The standard InChI is InChI=1S/C9H16N2O2.C5H12O/c1-8(13)10(2)6-9-4-3-5-11(9)7-12;1-5(2,3)6-4/h7,9H,3-6H2,1-2H3;1-4H3/t9-;/m0./s1. The SMILES string of the molecule is CC(=O)N(C)C[C@@H]1CCCN1C=O.COC(C)(C)C. The number of nitrogens with zero attached hydrogens (tertiary/aromatic N) is 2. The van der Waals surface area contributed by atoms with E-state index in [1.807, 2.05) is 20.8 Å². The fraction of sp³-hybridized carbons (Fsp3) is 0.857. The maximum atomic E-state index is 10.9.